The molecule has 1 aromatic rings. The molecule has 1 heterocycles. The van der Waals surface area contributed by atoms with E-state index in [9.17, 15) is 9.18 Å². The SMILES string of the molecule is Cc1c(F)cccc1NC(=O)COC1(C)CNC1. The van der Waals surface area contributed by atoms with Crippen molar-refractivity contribution in [3.63, 3.8) is 0 Å². The lowest BCUT2D eigenvalue weighted by Gasteiger charge is -2.38. The lowest BCUT2D eigenvalue weighted by Crippen LogP contribution is -2.59. The summed E-state index contributed by atoms with van der Waals surface area (Å²) in [6.45, 7) is 5.06. The number of ether oxygens (including phenoxy) is 1. The highest BCUT2D eigenvalue weighted by atomic mass is 19.1. The van der Waals surface area contributed by atoms with Gasteiger partial charge in [-0.3, -0.25) is 4.79 Å². The molecule has 0 atom stereocenters. The minimum absolute atomic E-state index is 0.0197. The number of carbonyl (C=O) groups is 1. The van der Waals surface area contributed by atoms with Crippen LogP contribution in [0.4, 0.5) is 10.1 Å². The van der Waals surface area contributed by atoms with Crippen LogP contribution in [0, 0.1) is 12.7 Å². The highest BCUT2D eigenvalue weighted by Crippen LogP contribution is 2.18. The van der Waals surface area contributed by atoms with Crippen LogP contribution in [0.5, 0.6) is 0 Å². The van der Waals surface area contributed by atoms with Crippen molar-refractivity contribution in [1.29, 1.82) is 0 Å². The summed E-state index contributed by atoms with van der Waals surface area (Å²) in [6, 6.07) is 4.60. The van der Waals surface area contributed by atoms with Crippen molar-refractivity contribution in [2.45, 2.75) is 19.4 Å². The van der Waals surface area contributed by atoms with E-state index in [0.29, 0.717) is 11.3 Å². The maximum atomic E-state index is 13.3. The van der Waals surface area contributed by atoms with Gasteiger partial charge in [0.25, 0.3) is 0 Å². The van der Waals surface area contributed by atoms with E-state index >= 15 is 0 Å². The van der Waals surface area contributed by atoms with Gasteiger partial charge in [-0.2, -0.15) is 0 Å². The van der Waals surface area contributed by atoms with Gasteiger partial charge in [0.2, 0.25) is 5.91 Å². The Morgan fingerprint density at radius 2 is 2.28 bits per heavy atom. The van der Waals surface area contributed by atoms with E-state index in [0.717, 1.165) is 13.1 Å². The van der Waals surface area contributed by atoms with Crippen molar-refractivity contribution in [2.24, 2.45) is 0 Å². The van der Waals surface area contributed by atoms with Crippen molar-refractivity contribution in [1.82, 2.24) is 5.32 Å². The first-order valence-electron chi connectivity index (χ1n) is 5.90. The van der Waals surface area contributed by atoms with Gasteiger partial charge >= 0.3 is 0 Å². The number of hydrogen-bond donors (Lipinski definition) is 2. The molecule has 18 heavy (non-hydrogen) atoms. The first kappa shape index (κ1) is 13.0. The molecule has 1 saturated heterocycles. The Morgan fingerprint density at radius 3 is 2.89 bits per heavy atom. The van der Waals surface area contributed by atoms with Gasteiger partial charge in [-0.15, -0.1) is 0 Å². The number of halogens is 1. The number of hydrogen-bond acceptors (Lipinski definition) is 3. The molecular formula is C13H17FN2O2. The van der Waals surface area contributed by atoms with Crippen molar-refractivity contribution in [3.8, 4) is 0 Å². The van der Waals surface area contributed by atoms with Gasteiger partial charge in [-0.1, -0.05) is 6.07 Å². The summed E-state index contributed by atoms with van der Waals surface area (Å²) in [5.41, 5.74) is 0.664. The second kappa shape index (κ2) is 5.04. The number of anilines is 1. The monoisotopic (exact) mass is 252 g/mol. The Balaban J connectivity index is 1.89. The third-order valence-electron chi connectivity index (χ3n) is 3.09. The molecule has 2 rings (SSSR count). The van der Waals surface area contributed by atoms with Gasteiger partial charge < -0.3 is 15.4 Å². The first-order chi connectivity index (χ1) is 8.50. The van der Waals surface area contributed by atoms with Crippen LogP contribution in [0.2, 0.25) is 0 Å². The highest BCUT2D eigenvalue weighted by Gasteiger charge is 2.33. The molecule has 1 aliphatic heterocycles. The van der Waals surface area contributed by atoms with Crippen LogP contribution in [-0.4, -0.2) is 31.2 Å². The molecule has 0 spiro atoms. The van der Waals surface area contributed by atoms with Crippen LogP contribution >= 0.6 is 0 Å². The van der Waals surface area contributed by atoms with Crippen LogP contribution in [0.25, 0.3) is 0 Å². The fraction of sp³-hybridized carbons (Fsp3) is 0.462. The van der Waals surface area contributed by atoms with Crippen LogP contribution < -0.4 is 10.6 Å². The van der Waals surface area contributed by atoms with Crippen molar-refractivity contribution < 1.29 is 13.9 Å². The zero-order valence-corrected chi connectivity index (χ0v) is 10.5. The second-order valence-electron chi connectivity index (χ2n) is 4.80. The summed E-state index contributed by atoms with van der Waals surface area (Å²) in [4.78, 5) is 11.7. The molecule has 1 amide bonds. The molecule has 0 bridgehead atoms. The number of benzene rings is 1. The molecule has 2 N–H and O–H groups in total. The quantitative estimate of drug-likeness (QED) is 0.852. The predicted octanol–water partition coefficient (Wildman–Crippen LogP) is 1.45. The van der Waals surface area contributed by atoms with Crippen molar-refractivity contribution in [3.05, 3.63) is 29.6 Å². The lowest BCUT2D eigenvalue weighted by atomic mass is 10.0. The van der Waals surface area contributed by atoms with Gasteiger partial charge in [0.1, 0.15) is 12.4 Å². The summed E-state index contributed by atoms with van der Waals surface area (Å²) in [7, 11) is 0. The Morgan fingerprint density at radius 1 is 1.56 bits per heavy atom. The van der Waals surface area contributed by atoms with Gasteiger partial charge in [0, 0.05) is 24.3 Å². The average molecular weight is 252 g/mol. The van der Waals surface area contributed by atoms with Gasteiger partial charge in [-0.05, 0) is 26.0 Å². The van der Waals surface area contributed by atoms with Crippen LogP contribution in [0.1, 0.15) is 12.5 Å². The normalized spacial score (nSPS) is 17.1. The minimum atomic E-state index is -0.330. The Labute approximate surface area is 106 Å². The fourth-order valence-corrected chi connectivity index (χ4v) is 1.75. The minimum Gasteiger partial charge on any atom is -0.363 e. The van der Waals surface area contributed by atoms with E-state index in [1.54, 1.807) is 19.1 Å². The van der Waals surface area contributed by atoms with E-state index in [2.05, 4.69) is 10.6 Å². The summed E-state index contributed by atoms with van der Waals surface area (Å²) in [5.74, 6) is -0.597. The molecule has 4 nitrogen and oxygen atoms in total. The maximum Gasteiger partial charge on any atom is 0.250 e. The van der Waals surface area contributed by atoms with E-state index in [1.807, 2.05) is 6.92 Å². The number of carbonyl (C=O) groups excluding carboxylic acids is 1. The van der Waals surface area contributed by atoms with Crippen molar-refractivity contribution >= 4 is 11.6 Å². The molecule has 0 radical (unpaired) electrons. The maximum absolute atomic E-state index is 13.3. The van der Waals surface area contributed by atoms with Crippen LogP contribution in [0.3, 0.4) is 0 Å². The summed E-state index contributed by atoms with van der Waals surface area (Å²) in [5, 5.41) is 5.73. The molecule has 0 aromatic heterocycles. The topological polar surface area (TPSA) is 50.4 Å². The molecular weight excluding hydrogens is 235 g/mol. The Hall–Kier alpha value is -1.46. The molecule has 1 aromatic carbocycles. The van der Waals surface area contributed by atoms with Gasteiger partial charge in [0.05, 0.1) is 5.60 Å². The first-order valence-corrected chi connectivity index (χ1v) is 5.90. The predicted molar refractivity (Wildman–Crippen MR) is 67.0 cm³/mol. The average Bonchev–Trinajstić information content (AvgIpc) is 2.30. The van der Waals surface area contributed by atoms with Crippen LogP contribution in [-0.2, 0) is 9.53 Å². The molecule has 0 aliphatic carbocycles. The van der Waals surface area contributed by atoms with E-state index < -0.39 is 0 Å². The largest absolute Gasteiger partial charge is 0.363 e. The third kappa shape index (κ3) is 2.86. The lowest BCUT2D eigenvalue weighted by molar-refractivity contribution is -0.130. The Kier molecular flexibility index (Phi) is 3.63. The standard InChI is InChI=1S/C13H17FN2O2/c1-9-10(14)4-3-5-11(9)16-12(17)6-18-13(2)7-15-8-13/h3-5,15H,6-8H2,1-2H3,(H,16,17). The number of rotatable bonds is 4. The molecule has 5 heteroatoms. The molecule has 1 aliphatic rings. The molecule has 1 fully saturated rings. The second-order valence-corrected chi connectivity index (χ2v) is 4.80. The van der Waals surface area contributed by atoms with E-state index in [-0.39, 0.29) is 23.9 Å². The smallest absolute Gasteiger partial charge is 0.250 e. The zero-order valence-electron chi connectivity index (χ0n) is 10.5. The van der Waals surface area contributed by atoms with Crippen molar-refractivity contribution in [2.75, 3.05) is 25.0 Å². The number of amides is 1. The molecule has 0 unspecified atom stereocenters. The summed E-state index contributed by atoms with van der Waals surface area (Å²) in [6.07, 6.45) is 0. The highest BCUT2D eigenvalue weighted by molar-refractivity contribution is 5.92. The molecule has 98 valence electrons. The fourth-order valence-electron chi connectivity index (χ4n) is 1.75. The van der Waals surface area contributed by atoms with E-state index in [1.165, 1.54) is 6.07 Å². The Bertz CT molecular complexity index is 458. The van der Waals surface area contributed by atoms with Crippen LogP contribution in [0.15, 0.2) is 18.2 Å². The third-order valence-corrected chi connectivity index (χ3v) is 3.09. The van der Waals surface area contributed by atoms with E-state index in [4.69, 9.17) is 4.74 Å². The summed E-state index contributed by atoms with van der Waals surface area (Å²) >= 11 is 0. The zero-order chi connectivity index (χ0) is 13.2. The summed E-state index contributed by atoms with van der Waals surface area (Å²) < 4.78 is 18.8. The number of nitrogens with one attached hydrogen (secondary N) is 2. The van der Waals surface area contributed by atoms with Gasteiger partial charge in [-0.25, -0.2) is 4.39 Å². The molecule has 0 saturated carbocycles. The van der Waals surface area contributed by atoms with Gasteiger partial charge in [0.15, 0.2) is 0 Å².